The number of H-pyrrole nitrogens is 1. The van der Waals surface area contributed by atoms with Gasteiger partial charge in [-0.15, -0.1) is 11.3 Å². The Labute approximate surface area is 405 Å². The van der Waals surface area contributed by atoms with Crippen LogP contribution in [0.1, 0.15) is 89.4 Å². The summed E-state index contributed by atoms with van der Waals surface area (Å²) in [4.78, 5) is 73.6. The summed E-state index contributed by atoms with van der Waals surface area (Å²) >= 11 is 7.43. The number of halogens is 1. The molecule has 4 aliphatic heterocycles. The maximum atomic E-state index is 14.1. The van der Waals surface area contributed by atoms with Crippen molar-refractivity contribution in [2.75, 3.05) is 41.4 Å². The number of imide groups is 1. The number of pyridine rings is 1. The zero-order chi connectivity index (χ0) is 48.5. The van der Waals surface area contributed by atoms with E-state index >= 15 is 0 Å². The number of ether oxygens (including phenoxy) is 1. The van der Waals surface area contributed by atoms with Crippen molar-refractivity contribution in [1.82, 2.24) is 19.6 Å². The van der Waals surface area contributed by atoms with E-state index in [-0.39, 0.29) is 64.6 Å². The van der Waals surface area contributed by atoms with Crippen LogP contribution in [0, 0.1) is 0 Å². The van der Waals surface area contributed by atoms with Crippen LogP contribution in [0.15, 0.2) is 72.9 Å². The molecule has 0 bridgehead atoms. The van der Waals surface area contributed by atoms with Crippen LogP contribution in [0.5, 0.6) is 5.75 Å². The van der Waals surface area contributed by atoms with Crippen LogP contribution in [-0.2, 0) is 30.2 Å². The Hall–Kier alpha value is -6.54. The number of aromatic carboxylic acids is 1. The maximum absolute atomic E-state index is 14.1. The van der Waals surface area contributed by atoms with E-state index in [1.165, 1.54) is 0 Å². The van der Waals surface area contributed by atoms with Crippen LogP contribution < -0.4 is 25.2 Å². The number of rotatable bonds is 13. The zero-order valence-electron chi connectivity index (χ0n) is 37.6. The summed E-state index contributed by atoms with van der Waals surface area (Å²) in [5, 5.41) is 26.6. The molecule has 4 aliphatic rings. The number of aliphatic carboxylic acids is 1. The minimum Gasteiger partial charge on any atom is -0.479 e. The molecular weight excluding hydrogens is 946 g/mol. The van der Waals surface area contributed by atoms with E-state index in [0.717, 1.165) is 76.1 Å². The molecule has 5 N–H and O–H groups in total. The van der Waals surface area contributed by atoms with Crippen molar-refractivity contribution >= 4 is 102 Å². The van der Waals surface area contributed by atoms with Crippen LogP contribution >= 0.6 is 22.9 Å². The lowest BCUT2D eigenvalue weighted by atomic mass is 9.85. The van der Waals surface area contributed by atoms with Crippen LogP contribution in [0.4, 0.5) is 17.2 Å². The highest BCUT2D eigenvalue weighted by atomic mass is 35.5. The standard InChI is InChI=1S/C49H48ClN7O10S2/c1-49(2)22-30(52-29-6-3-5-28(20-29)44-42(50)43(67-24-40(59)60)45(68-44)48(63)64)15-18-56(49)69(65,66)25-26-19-35-34(51-23-26)21-38(53-35)55-16-13-27(14-17-55)31-9-10-36-41-32(31)7-4-8-33(41)47(62)57(36)37-11-12-39(58)54-46(37)61/h3-10,19-21,23,27,30,37,52-53H,11-18,22,24-25H2,1-2H3,(H,59,60)(H,63,64)(H,54,58,61). The van der Waals surface area contributed by atoms with Crippen molar-refractivity contribution in [2.24, 2.45) is 0 Å². The number of carboxylic acid groups (broad SMARTS) is 2. The van der Waals surface area contributed by atoms with E-state index in [2.05, 4.69) is 31.6 Å². The van der Waals surface area contributed by atoms with Crippen molar-refractivity contribution in [3.05, 3.63) is 99.5 Å². The molecular formula is C49H48ClN7O10S2. The quantitative estimate of drug-likeness (QED) is 0.0703. The summed E-state index contributed by atoms with van der Waals surface area (Å²) in [5.41, 5.74) is 5.08. The van der Waals surface area contributed by atoms with Gasteiger partial charge in [0.25, 0.3) is 5.91 Å². The summed E-state index contributed by atoms with van der Waals surface area (Å²) in [7, 11) is -3.78. The first-order chi connectivity index (χ1) is 33.0. The first-order valence-corrected chi connectivity index (χ1v) is 25.5. The van der Waals surface area contributed by atoms with Gasteiger partial charge in [-0.1, -0.05) is 41.9 Å². The van der Waals surface area contributed by atoms with Crippen LogP contribution in [0.25, 0.3) is 32.2 Å². The number of anilines is 3. The molecule has 69 heavy (non-hydrogen) atoms. The summed E-state index contributed by atoms with van der Waals surface area (Å²) in [6.07, 6.45) is 4.84. The lowest BCUT2D eigenvalue weighted by molar-refractivity contribution is -0.139. The molecule has 0 radical (unpaired) electrons. The van der Waals surface area contributed by atoms with Crippen LogP contribution in [0.3, 0.4) is 0 Å². The van der Waals surface area contributed by atoms with Gasteiger partial charge < -0.3 is 30.2 Å². The van der Waals surface area contributed by atoms with E-state index in [1.807, 2.05) is 56.3 Å². The lowest BCUT2D eigenvalue weighted by Gasteiger charge is -2.44. The van der Waals surface area contributed by atoms with Gasteiger partial charge in [-0.25, -0.2) is 18.0 Å². The fourth-order valence-electron chi connectivity index (χ4n) is 10.6. The van der Waals surface area contributed by atoms with Gasteiger partial charge in [0.05, 0.1) is 27.4 Å². The molecule has 2 atom stereocenters. The third-order valence-electron chi connectivity index (χ3n) is 13.7. The Bertz CT molecular complexity index is 3240. The molecule has 7 heterocycles. The fraction of sp³-hybridized carbons (Fsp3) is 0.347. The molecule has 20 heteroatoms. The van der Waals surface area contributed by atoms with Crippen LogP contribution in [0.2, 0.25) is 5.02 Å². The van der Waals surface area contributed by atoms with E-state index in [1.54, 1.807) is 33.6 Å². The molecule has 3 saturated heterocycles. The number of carbonyl (C=O) groups excluding carboxylic acids is 3. The van der Waals surface area contributed by atoms with E-state index in [9.17, 15) is 37.5 Å². The second kappa shape index (κ2) is 17.8. The molecule has 6 aromatic rings. The number of hydrogen-bond donors (Lipinski definition) is 5. The Morgan fingerprint density at radius 1 is 0.986 bits per heavy atom. The van der Waals surface area contributed by atoms with Crippen molar-refractivity contribution in [3.8, 4) is 16.2 Å². The third kappa shape index (κ3) is 8.65. The number of carboxylic acids is 2. The Morgan fingerprint density at radius 2 is 1.77 bits per heavy atom. The summed E-state index contributed by atoms with van der Waals surface area (Å²) in [6, 6.07) is 20.0. The van der Waals surface area contributed by atoms with Gasteiger partial charge in [-0.2, -0.15) is 4.31 Å². The Morgan fingerprint density at radius 3 is 2.51 bits per heavy atom. The smallest absolute Gasteiger partial charge is 0.349 e. The Kier molecular flexibility index (Phi) is 11.9. The second-order valence-corrected chi connectivity index (χ2v) is 22.0. The number of sulfonamides is 1. The fourth-order valence-corrected chi connectivity index (χ4v) is 14.0. The minimum absolute atomic E-state index is 0.00876. The van der Waals surface area contributed by atoms with Crippen molar-refractivity contribution in [1.29, 1.82) is 0 Å². The predicted octanol–water partition coefficient (Wildman–Crippen LogP) is 7.59. The van der Waals surface area contributed by atoms with Gasteiger partial charge in [0, 0.05) is 66.5 Å². The molecule has 3 fully saturated rings. The normalized spacial score (nSPS) is 19.9. The topological polar surface area (TPSA) is 232 Å². The van der Waals surface area contributed by atoms with Gasteiger partial charge in [0.15, 0.2) is 17.2 Å². The number of piperidine rings is 3. The molecule has 10 rings (SSSR count). The van der Waals surface area contributed by atoms with Gasteiger partial charge in [-0.05, 0) is 104 Å². The summed E-state index contributed by atoms with van der Waals surface area (Å²) in [5.74, 6) is -2.84. The third-order valence-corrected chi connectivity index (χ3v) is 17.4. The first-order valence-electron chi connectivity index (χ1n) is 22.7. The number of benzene rings is 3. The SMILES string of the molecule is CC1(C)CC(Nc2cccc(-c3sc(C(=O)O)c(OCC(=O)O)c3Cl)c2)CCN1S(=O)(=O)Cc1cnc2cc(N3CCC(c4ccc5c6c(cccc46)C(=O)N5C4CCC(=O)NC4=O)CC3)[nH]c2c1. The van der Waals surface area contributed by atoms with Gasteiger partial charge in [-0.3, -0.25) is 29.6 Å². The number of aromatic amines is 1. The molecule has 3 aromatic heterocycles. The van der Waals surface area contributed by atoms with E-state index in [4.69, 9.17) is 21.4 Å². The first kappa shape index (κ1) is 46.2. The number of hydrogen-bond acceptors (Lipinski definition) is 12. The van der Waals surface area contributed by atoms with Crippen molar-refractivity contribution < 1.29 is 47.3 Å². The number of aromatic nitrogens is 2. The molecule has 0 saturated carbocycles. The van der Waals surface area contributed by atoms with E-state index in [0.29, 0.717) is 40.1 Å². The summed E-state index contributed by atoms with van der Waals surface area (Å²) in [6.45, 7) is 4.89. The number of fused-ring (bicyclic) bond motifs is 1. The highest BCUT2D eigenvalue weighted by Crippen LogP contribution is 2.47. The number of amides is 3. The molecule has 2 unspecified atom stereocenters. The lowest BCUT2D eigenvalue weighted by Crippen LogP contribution is -2.55. The maximum Gasteiger partial charge on any atom is 0.349 e. The highest BCUT2D eigenvalue weighted by Gasteiger charge is 2.43. The van der Waals surface area contributed by atoms with Gasteiger partial charge >= 0.3 is 11.9 Å². The van der Waals surface area contributed by atoms with E-state index < -0.39 is 46.1 Å². The Balaban J connectivity index is 0.778. The molecule has 3 amide bonds. The average molecular weight is 995 g/mol. The monoisotopic (exact) mass is 993 g/mol. The number of thiophene rings is 1. The molecule has 0 spiro atoms. The summed E-state index contributed by atoms with van der Waals surface area (Å²) < 4.78 is 35.1. The van der Waals surface area contributed by atoms with Crippen molar-refractivity contribution in [2.45, 2.75) is 81.7 Å². The highest BCUT2D eigenvalue weighted by molar-refractivity contribution is 7.88. The second-order valence-electron chi connectivity index (χ2n) is 18.7. The van der Waals surface area contributed by atoms with Gasteiger partial charge in [0.1, 0.15) is 16.9 Å². The molecule has 17 nitrogen and oxygen atoms in total. The number of carbonyl (C=O) groups is 5. The van der Waals surface area contributed by atoms with Crippen molar-refractivity contribution in [3.63, 3.8) is 0 Å². The minimum atomic E-state index is -3.78. The zero-order valence-corrected chi connectivity index (χ0v) is 40.0. The number of nitrogens with one attached hydrogen (secondary N) is 3. The average Bonchev–Trinajstić information content (AvgIpc) is 3.97. The molecule has 0 aliphatic carbocycles. The van der Waals surface area contributed by atoms with Gasteiger partial charge in [0.2, 0.25) is 21.8 Å². The predicted molar refractivity (Wildman–Crippen MR) is 262 cm³/mol. The largest absolute Gasteiger partial charge is 0.479 e. The number of nitrogens with zero attached hydrogens (tertiary/aromatic N) is 4. The van der Waals surface area contributed by atoms with Crippen LogP contribution in [-0.4, -0.2) is 106 Å². The molecule has 358 valence electrons. The molecule has 3 aromatic carbocycles.